The van der Waals surface area contributed by atoms with E-state index in [4.69, 9.17) is 14.2 Å². The minimum atomic E-state index is -0.528. The first-order valence-corrected chi connectivity index (χ1v) is 8.50. The van der Waals surface area contributed by atoms with Crippen molar-refractivity contribution < 1.29 is 19.0 Å². The van der Waals surface area contributed by atoms with Crippen LogP contribution in [0.4, 0.5) is 0 Å². The number of H-pyrrole nitrogens is 1. The van der Waals surface area contributed by atoms with E-state index in [1.165, 1.54) is 0 Å². The molecule has 1 N–H and O–H groups in total. The zero-order valence-electron chi connectivity index (χ0n) is 13.9. The SMILES string of the molecule is CCCCOc1c(Br)cc(-c2n[nH]nc2C(=O)OCC)cc1OC. The fourth-order valence-electron chi connectivity index (χ4n) is 2.09. The molecule has 1 heterocycles. The van der Waals surface area contributed by atoms with Crippen LogP contribution in [0.1, 0.15) is 37.2 Å². The molecule has 2 aromatic rings. The largest absolute Gasteiger partial charge is 0.493 e. The number of carbonyl (C=O) groups is 1. The fraction of sp³-hybridized carbons (Fsp3) is 0.438. The van der Waals surface area contributed by atoms with Crippen molar-refractivity contribution in [1.29, 1.82) is 0 Å². The first-order valence-electron chi connectivity index (χ1n) is 7.70. The van der Waals surface area contributed by atoms with Gasteiger partial charge in [-0.2, -0.15) is 10.3 Å². The highest BCUT2D eigenvalue weighted by molar-refractivity contribution is 9.10. The molecule has 7 nitrogen and oxygen atoms in total. The number of nitrogens with one attached hydrogen (secondary N) is 1. The number of methoxy groups -OCH3 is 1. The van der Waals surface area contributed by atoms with Crippen molar-refractivity contribution in [3.63, 3.8) is 0 Å². The van der Waals surface area contributed by atoms with Crippen LogP contribution in [0.25, 0.3) is 11.3 Å². The van der Waals surface area contributed by atoms with Gasteiger partial charge >= 0.3 is 5.97 Å². The third-order valence-corrected chi connectivity index (χ3v) is 3.85. The van der Waals surface area contributed by atoms with Gasteiger partial charge in [0.15, 0.2) is 17.2 Å². The number of hydrogen-bond acceptors (Lipinski definition) is 6. The lowest BCUT2D eigenvalue weighted by Crippen LogP contribution is -2.07. The summed E-state index contributed by atoms with van der Waals surface area (Å²) in [6.07, 6.45) is 1.99. The van der Waals surface area contributed by atoms with Crippen molar-refractivity contribution in [3.05, 3.63) is 22.3 Å². The van der Waals surface area contributed by atoms with E-state index in [0.29, 0.717) is 33.8 Å². The van der Waals surface area contributed by atoms with Gasteiger partial charge in [-0.15, -0.1) is 5.10 Å². The number of hydrogen-bond donors (Lipinski definition) is 1. The summed E-state index contributed by atoms with van der Waals surface area (Å²) in [5, 5.41) is 10.4. The number of halogens is 1. The Morgan fingerprint density at radius 3 is 2.75 bits per heavy atom. The molecule has 0 amide bonds. The van der Waals surface area contributed by atoms with Crippen LogP contribution in [0.3, 0.4) is 0 Å². The number of carbonyl (C=O) groups excluding carboxylic acids is 1. The third kappa shape index (κ3) is 4.05. The second-order valence-electron chi connectivity index (χ2n) is 4.93. The normalized spacial score (nSPS) is 10.5. The van der Waals surface area contributed by atoms with E-state index in [-0.39, 0.29) is 12.3 Å². The zero-order chi connectivity index (χ0) is 17.5. The Hall–Kier alpha value is -2.09. The quantitative estimate of drug-likeness (QED) is 0.540. The van der Waals surface area contributed by atoms with Gasteiger partial charge in [0.1, 0.15) is 5.69 Å². The maximum atomic E-state index is 12.0. The Morgan fingerprint density at radius 2 is 2.08 bits per heavy atom. The van der Waals surface area contributed by atoms with E-state index in [0.717, 1.165) is 12.8 Å². The van der Waals surface area contributed by atoms with Crippen molar-refractivity contribution in [2.45, 2.75) is 26.7 Å². The van der Waals surface area contributed by atoms with Crippen LogP contribution < -0.4 is 9.47 Å². The molecular weight excluding hydrogens is 378 g/mol. The van der Waals surface area contributed by atoms with Gasteiger partial charge in [-0.25, -0.2) is 4.79 Å². The Morgan fingerprint density at radius 1 is 1.29 bits per heavy atom. The van der Waals surface area contributed by atoms with E-state index < -0.39 is 5.97 Å². The van der Waals surface area contributed by atoms with Gasteiger partial charge in [-0.1, -0.05) is 13.3 Å². The van der Waals surface area contributed by atoms with Gasteiger partial charge in [0, 0.05) is 5.56 Å². The second kappa shape index (κ2) is 8.68. The summed E-state index contributed by atoms with van der Waals surface area (Å²) in [5.41, 5.74) is 1.19. The highest BCUT2D eigenvalue weighted by Crippen LogP contribution is 2.39. The molecule has 0 aliphatic rings. The summed E-state index contributed by atoms with van der Waals surface area (Å²) in [6, 6.07) is 3.57. The molecule has 0 bridgehead atoms. The van der Waals surface area contributed by atoms with Crippen molar-refractivity contribution >= 4 is 21.9 Å². The topological polar surface area (TPSA) is 86.3 Å². The monoisotopic (exact) mass is 397 g/mol. The number of esters is 1. The molecule has 0 fully saturated rings. The number of benzene rings is 1. The molecule has 8 heteroatoms. The molecule has 0 saturated heterocycles. The van der Waals surface area contributed by atoms with E-state index in [1.54, 1.807) is 20.1 Å². The predicted octanol–water partition coefficient (Wildman–Crippen LogP) is 3.60. The molecule has 0 radical (unpaired) electrons. The summed E-state index contributed by atoms with van der Waals surface area (Å²) in [5.74, 6) is 0.642. The Bertz CT molecular complexity index is 703. The number of aromatic amines is 1. The molecule has 0 spiro atoms. The highest BCUT2D eigenvalue weighted by atomic mass is 79.9. The number of rotatable bonds is 8. The van der Waals surface area contributed by atoms with E-state index in [2.05, 4.69) is 38.3 Å². The minimum absolute atomic E-state index is 0.130. The molecule has 0 atom stereocenters. The van der Waals surface area contributed by atoms with Gasteiger partial charge < -0.3 is 14.2 Å². The van der Waals surface area contributed by atoms with Crippen LogP contribution in [0, 0.1) is 0 Å². The van der Waals surface area contributed by atoms with Gasteiger partial charge in [-0.3, -0.25) is 0 Å². The Balaban J connectivity index is 2.37. The lowest BCUT2D eigenvalue weighted by molar-refractivity contribution is 0.0520. The van der Waals surface area contributed by atoms with E-state index in [9.17, 15) is 4.79 Å². The Kier molecular flexibility index (Phi) is 6.60. The summed E-state index contributed by atoms with van der Waals surface area (Å²) >= 11 is 3.49. The molecule has 24 heavy (non-hydrogen) atoms. The standard InChI is InChI=1S/C16H20BrN3O4/c1-4-6-7-24-15-11(17)8-10(9-12(15)22-3)13-14(19-20-18-13)16(21)23-5-2/h8-9H,4-7H2,1-3H3,(H,18,19,20). The molecule has 130 valence electrons. The van der Waals surface area contributed by atoms with Crippen LogP contribution in [-0.2, 0) is 4.74 Å². The van der Waals surface area contributed by atoms with Gasteiger partial charge in [-0.05, 0) is 41.4 Å². The van der Waals surface area contributed by atoms with E-state index in [1.807, 2.05) is 6.07 Å². The maximum Gasteiger partial charge on any atom is 0.361 e. The van der Waals surface area contributed by atoms with Crippen LogP contribution in [0.5, 0.6) is 11.5 Å². The summed E-state index contributed by atoms with van der Waals surface area (Å²) < 4.78 is 16.9. The van der Waals surface area contributed by atoms with Crippen LogP contribution in [0.15, 0.2) is 16.6 Å². The van der Waals surface area contributed by atoms with Crippen LogP contribution in [0.2, 0.25) is 0 Å². The molecule has 0 aliphatic carbocycles. The van der Waals surface area contributed by atoms with Crippen LogP contribution >= 0.6 is 15.9 Å². The first-order chi connectivity index (χ1) is 11.6. The summed E-state index contributed by atoms with van der Waals surface area (Å²) in [7, 11) is 1.56. The number of aromatic nitrogens is 3. The molecule has 0 unspecified atom stereocenters. The van der Waals surface area contributed by atoms with E-state index >= 15 is 0 Å². The Labute approximate surface area is 148 Å². The molecule has 0 saturated carbocycles. The summed E-state index contributed by atoms with van der Waals surface area (Å²) in [4.78, 5) is 12.0. The molecule has 1 aromatic carbocycles. The molecular formula is C16H20BrN3O4. The molecule has 0 aliphatic heterocycles. The third-order valence-electron chi connectivity index (χ3n) is 3.26. The van der Waals surface area contributed by atoms with Crippen LogP contribution in [-0.4, -0.2) is 41.7 Å². The maximum absolute atomic E-state index is 12.0. The average Bonchev–Trinajstić information content (AvgIpc) is 3.06. The van der Waals surface area contributed by atoms with Gasteiger partial charge in [0.25, 0.3) is 0 Å². The van der Waals surface area contributed by atoms with Crippen molar-refractivity contribution in [2.75, 3.05) is 20.3 Å². The fourth-order valence-corrected chi connectivity index (χ4v) is 2.65. The zero-order valence-corrected chi connectivity index (χ0v) is 15.5. The van der Waals surface area contributed by atoms with Crippen molar-refractivity contribution in [3.8, 4) is 22.8 Å². The van der Waals surface area contributed by atoms with Gasteiger partial charge in [0.05, 0.1) is 24.8 Å². The lowest BCUT2D eigenvalue weighted by Gasteiger charge is -2.14. The molecule has 2 rings (SSSR count). The average molecular weight is 398 g/mol. The summed E-state index contributed by atoms with van der Waals surface area (Å²) in [6.45, 7) is 4.70. The molecule has 1 aromatic heterocycles. The van der Waals surface area contributed by atoms with Gasteiger partial charge in [0.2, 0.25) is 0 Å². The number of ether oxygens (including phenoxy) is 3. The number of unbranched alkanes of at least 4 members (excludes halogenated alkanes) is 1. The lowest BCUT2D eigenvalue weighted by atomic mass is 10.1. The van der Waals surface area contributed by atoms with Crippen molar-refractivity contribution in [1.82, 2.24) is 15.4 Å². The minimum Gasteiger partial charge on any atom is -0.493 e. The second-order valence-corrected chi connectivity index (χ2v) is 5.79. The smallest absolute Gasteiger partial charge is 0.361 e. The van der Waals surface area contributed by atoms with Crippen molar-refractivity contribution in [2.24, 2.45) is 0 Å². The number of nitrogens with zero attached hydrogens (tertiary/aromatic N) is 2. The predicted molar refractivity (Wildman–Crippen MR) is 92.4 cm³/mol. The first kappa shape index (κ1) is 18.3. The highest BCUT2D eigenvalue weighted by Gasteiger charge is 2.21.